The molecule has 1 atom stereocenters. The molecule has 0 amide bonds. The zero-order chi connectivity index (χ0) is 10.2. The summed E-state index contributed by atoms with van der Waals surface area (Å²) in [6.45, 7) is 2.65. The highest BCUT2D eigenvalue weighted by Gasteiger charge is 2.36. The molecule has 0 aliphatic rings. The third kappa shape index (κ3) is 1.82. The molecule has 13 heavy (non-hydrogen) atoms. The zero-order valence-corrected chi connectivity index (χ0v) is 7.11. The number of H-pyrrole nitrogens is 1. The predicted octanol–water partition coefficient (Wildman–Crippen LogP) is 1.79. The van der Waals surface area contributed by atoms with Crippen LogP contribution in [0.15, 0.2) is 0 Å². The standard InChI is InChI=1S/C7H9F3N2O/c1-3-5(4(2)13)11-12-6(3)7(8,9)10/h4,13H,1-2H3,(H,11,12). The minimum absolute atomic E-state index is 0.0532. The van der Waals surface area contributed by atoms with Crippen LogP contribution >= 0.6 is 0 Å². The Kier molecular flexibility index (Phi) is 2.34. The Morgan fingerprint density at radius 2 is 2.00 bits per heavy atom. The van der Waals surface area contributed by atoms with E-state index >= 15 is 0 Å². The van der Waals surface area contributed by atoms with E-state index in [9.17, 15) is 13.2 Å². The van der Waals surface area contributed by atoms with E-state index in [0.717, 1.165) is 0 Å². The number of aromatic nitrogens is 2. The maximum absolute atomic E-state index is 12.2. The van der Waals surface area contributed by atoms with E-state index < -0.39 is 18.0 Å². The summed E-state index contributed by atoms with van der Waals surface area (Å²) in [4.78, 5) is 0. The van der Waals surface area contributed by atoms with Gasteiger partial charge in [0.2, 0.25) is 0 Å². The van der Waals surface area contributed by atoms with E-state index in [1.54, 1.807) is 0 Å². The first-order valence-electron chi connectivity index (χ1n) is 3.64. The van der Waals surface area contributed by atoms with Crippen molar-refractivity contribution < 1.29 is 18.3 Å². The van der Waals surface area contributed by atoms with Gasteiger partial charge in [-0.2, -0.15) is 18.3 Å². The number of rotatable bonds is 1. The minimum Gasteiger partial charge on any atom is -0.387 e. The Bertz CT molecular complexity index is 303. The maximum Gasteiger partial charge on any atom is 0.435 e. The summed E-state index contributed by atoms with van der Waals surface area (Å²) >= 11 is 0. The Balaban J connectivity index is 3.14. The van der Waals surface area contributed by atoms with Crippen molar-refractivity contribution in [3.8, 4) is 0 Å². The van der Waals surface area contributed by atoms with Crippen LogP contribution in [0.2, 0.25) is 0 Å². The number of nitrogens with one attached hydrogen (secondary N) is 1. The van der Waals surface area contributed by atoms with Gasteiger partial charge in [0.1, 0.15) is 0 Å². The van der Waals surface area contributed by atoms with E-state index in [1.165, 1.54) is 13.8 Å². The van der Waals surface area contributed by atoms with E-state index in [0.29, 0.717) is 0 Å². The molecule has 0 saturated carbocycles. The van der Waals surface area contributed by atoms with Crippen molar-refractivity contribution in [2.75, 3.05) is 0 Å². The minimum atomic E-state index is -4.46. The Morgan fingerprint density at radius 1 is 1.46 bits per heavy atom. The summed E-state index contributed by atoms with van der Waals surface area (Å²) < 4.78 is 36.5. The molecule has 2 N–H and O–H groups in total. The molecule has 0 aliphatic heterocycles. The topological polar surface area (TPSA) is 48.9 Å². The van der Waals surface area contributed by atoms with E-state index in [2.05, 4.69) is 10.2 Å². The number of halogens is 3. The van der Waals surface area contributed by atoms with Crippen molar-refractivity contribution in [1.29, 1.82) is 0 Å². The molecular weight excluding hydrogens is 185 g/mol. The second-order valence-corrected chi connectivity index (χ2v) is 2.78. The van der Waals surface area contributed by atoms with Gasteiger partial charge in [0.05, 0.1) is 11.8 Å². The van der Waals surface area contributed by atoms with Crippen molar-refractivity contribution in [3.05, 3.63) is 17.0 Å². The first-order chi connectivity index (χ1) is 5.84. The molecule has 0 radical (unpaired) electrons. The lowest BCUT2D eigenvalue weighted by molar-refractivity contribution is -0.141. The third-order valence-electron chi connectivity index (χ3n) is 1.73. The van der Waals surface area contributed by atoms with Crippen molar-refractivity contribution in [3.63, 3.8) is 0 Å². The smallest absolute Gasteiger partial charge is 0.387 e. The van der Waals surface area contributed by atoms with Crippen molar-refractivity contribution >= 4 is 0 Å². The molecule has 0 bridgehead atoms. The molecule has 3 nitrogen and oxygen atoms in total. The number of nitrogens with zero attached hydrogens (tertiary/aromatic N) is 1. The van der Waals surface area contributed by atoms with Crippen molar-refractivity contribution in [1.82, 2.24) is 10.2 Å². The van der Waals surface area contributed by atoms with Crippen molar-refractivity contribution in [2.24, 2.45) is 0 Å². The monoisotopic (exact) mass is 194 g/mol. The first-order valence-corrected chi connectivity index (χ1v) is 3.64. The van der Waals surface area contributed by atoms with Gasteiger partial charge in [-0.05, 0) is 13.8 Å². The highest BCUT2D eigenvalue weighted by molar-refractivity contribution is 5.26. The number of hydrogen-bond acceptors (Lipinski definition) is 2. The summed E-state index contributed by atoms with van der Waals surface area (Å²) in [7, 11) is 0. The van der Waals surface area contributed by atoms with Crippen molar-refractivity contribution in [2.45, 2.75) is 26.1 Å². The lowest BCUT2D eigenvalue weighted by atomic mass is 10.1. The van der Waals surface area contributed by atoms with E-state index in [-0.39, 0.29) is 11.3 Å². The van der Waals surface area contributed by atoms with Crippen LogP contribution in [-0.4, -0.2) is 15.3 Å². The van der Waals surface area contributed by atoms with Crippen LogP contribution < -0.4 is 0 Å². The quantitative estimate of drug-likeness (QED) is 0.716. The Labute approximate surface area is 72.6 Å². The highest BCUT2D eigenvalue weighted by Crippen LogP contribution is 2.32. The molecule has 1 heterocycles. The average molecular weight is 194 g/mol. The van der Waals surface area contributed by atoms with Gasteiger partial charge in [-0.25, -0.2) is 0 Å². The SMILES string of the molecule is Cc1c(C(F)(F)F)n[nH]c1C(C)O. The number of alkyl halides is 3. The summed E-state index contributed by atoms with van der Waals surface area (Å²) in [5, 5.41) is 14.3. The molecule has 0 aromatic carbocycles. The molecule has 1 unspecified atom stereocenters. The molecule has 0 spiro atoms. The first kappa shape index (κ1) is 10.0. The molecule has 1 aromatic heterocycles. The van der Waals surface area contributed by atoms with Crippen LogP contribution in [0.1, 0.15) is 30.0 Å². The fraction of sp³-hybridized carbons (Fsp3) is 0.571. The predicted molar refractivity (Wildman–Crippen MR) is 39.0 cm³/mol. The Morgan fingerprint density at radius 3 is 2.23 bits per heavy atom. The molecule has 0 aliphatic carbocycles. The van der Waals surface area contributed by atoms with Gasteiger partial charge in [0.15, 0.2) is 5.69 Å². The molecule has 74 valence electrons. The molecular formula is C7H9F3N2O. The van der Waals surface area contributed by atoms with Gasteiger partial charge in [-0.3, -0.25) is 5.10 Å². The number of aromatic amines is 1. The molecule has 1 rings (SSSR count). The van der Waals surface area contributed by atoms with Crippen LogP contribution in [-0.2, 0) is 6.18 Å². The maximum atomic E-state index is 12.2. The lowest BCUT2D eigenvalue weighted by Crippen LogP contribution is -2.07. The normalized spacial score (nSPS) is 14.6. The fourth-order valence-electron chi connectivity index (χ4n) is 1.09. The van der Waals surface area contributed by atoms with Crippen LogP contribution in [0.25, 0.3) is 0 Å². The van der Waals surface area contributed by atoms with Gasteiger partial charge < -0.3 is 5.11 Å². The van der Waals surface area contributed by atoms with Crippen LogP contribution in [0.3, 0.4) is 0 Å². The van der Waals surface area contributed by atoms with Gasteiger partial charge in [-0.1, -0.05) is 0 Å². The summed E-state index contributed by atoms with van der Waals surface area (Å²) in [5.41, 5.74) is -0.918. The summed E-state index contributed by atoms with van der Waals surface area (Å²) in [5.74, 6) is 0. The van der Waals surface area contributed by atoms with E-state index in [1.807, 2.05) is 0 Å². The van der Waals surface area contributed by atoms with Crippen LogP contribution in [0, 0.1) is 6.92 Å². The number of aliphatic hydroxyl groups excluding tert-OH is 1. The second-order valence-electron chi connectivity index (χ2n) is 2.78. The lowest BCUT2D eigenvalue weighted by Gasteiger charge is -2.04. The van der Waals surface area contributed by atoms with E-state index in [4.69, 9.17) is 5.11 Å². The molecule has 6 heteroatoms. The van der Waals surface area contributed by atoms with Crippen LogP contribution in [0.4, 0.5) is 13.2 Å². The zero-order valence-electron chi connectivity index (χ0n) is 7.11. The van der Waals surface area contributed by atoms with Gasteiger partial charge in [-0.15, -0.1) is 0 Å². The summed E-state index contributed by atoms with van der Waals surface area (Å²) in [6.07, 6.45) is -5.43. The van der Waals surface area contributed by atoms with Crippen LogP contribution in [0.5, 0.6) is 0 Å². The molecule has 0 saturated heterocycles. The molecule has 0 fully saturated rings. The second kappa shape index (κ2) is 3.02. The molecule has 1 aromatic rings. The van der Waals surface area contributed by atoms with Gasteiger partial charge >= 0.3 is 6.18 Å². The van der Waals surface area contributed by atoms with Gasteiger partial charge in [0.25, 0.3) is 0 Å². The number of aliphatic hydroxyl groups is 1. The largest absolute Gasteiger partial charge is 0.435 e. The third-order valence-corrected chi connectivity index (χ3v) is 1.73. The average Bonchev–Trinajstić information content (AvgIpc) is 2.28. The highest BCUT2D eigenvalue weighted by atomic mass is 19.4. The Hall–Kier alpha value is -1.04. The fourth-order valence-corrected chi connectivity index (χ4v) is 1.09. The summed E-state index contributed by atoms with van der Waals surface area (Å²) in [6, 6.07) is 0. The van der Waals surface area contributed by atoms with Gasteiger partial charge in [0, 0.05) is 5.56 Å². The number of hydrogen-bond donors (Lipinski definition) is 2.